The molecule has 0 amide bonds. The van der Waals surface area contributed by atoms with E-state index in [1.54, 1.807) is 25.1 Å². The van der Waals surface area contributed by atoms with Gasteiger partial charge in [0.1, 0.15) is 11.7 Å². The van der Waals surface area contributed by atoms with E-state index < -0.39 is 11.9 Å². The highest BCUT2D eigenvalue weighted by atomic mass is 35.5. The fourth-order valence-corrected chi connectivity index (χ4v) is 1.75. The van der Waals surface area contributed by atoms with Gasteiger partial charge in [-0.3, -0.25) is 9.59 Å². The molecule has 3 nitrogen and oxygen atoms in total. The Bertz CT molecular complexity index is 415. The third kappa shape index (κ3) is 4.19. The quantitative estimate of drug-likeness (QED) is 0.599. The van der Waals surface area contributed by atoms with E-state index in [1.165, 1.54) is 6.92 Å². The lowest BCUT2D eigenvalue weighted by Crippen LogP contribution is -2.26. The minimum absolute atomic E-state index is 0.191. The Labute approximate surface area is 106 Å². The molecule has 1 aromatic rings. The maximum Gasteiger partial charge on any atom is 0.316 e. The van der Waals surface area contributed by atoms with Crippen LogP contribution in [0.4, 0.5) is 0 Å². The predicted molar refractivity (Wildman–Crippen MR) is 66.0 cm³/mol. The Morgan fingerprint density at radius 3 is 2.65 bits per heavy atom. The van der Waals surface area contributed by atoms with Gasteiger partial charge in [-0.15, -0.1) is 0 Å². The van der Waals surface area contributed by atoms with E-state index in [0.717, 1.165) is 5.56 Å². The van der Waals surface area contributed by atoms with Gasteiger partial charge >= 0.3 is 5.97 Å². The summed E-state index contributed by atoms with van der Waals surface area (Å²) in [7, 11) is 0. The average molecular weight is 255 g/mol. The number of hydrogen-bond donors (Lipinski definition) is 0. The van der Waals surface area contributed by atoms with E-state index >= 15 is 0 Å². The number of halogens is 1. The molecule has 0 aromatic heterocycles. The molecule has 17 heavy (non-hydrogen) atoms. The molecule has 0 heterocycles. The Morgan fingerprint density at radius 2 is 2.12 bits per heavy atom. The van der Waals surface area contributed by atoms with Crippen molar-refractivity contribution in [2.75, 3.05) is 6.61 Å². The van der Waals surface area contributed by atoms with Crippen molar-refractivity contribution >= 4 is 23.4 Å². The second-order valence-electron chi connectivity index (χ2n) is 3.75. The SMILES string of the molecule is CCOC(=O)C(Cc1cccc(Cl)c1)C(C)=O. The van der Waals surface area contributed by atoms with Crippen molar-refractivity contribution in [3.63, 3.8) is 0 Å². The third-order valence-corrected chi connectivity index (χ3v) is 2.63. The molecular weight excluding hydrogens is 240 g/mol. The second kappa shape index (κ2) is 6.40. The standard InChI is InChI=1S/C13H15ClO3/c1-3-17-13(16)12(9(2)15)8-10-5-4-6-11(14)7-10/h4-7,12H,3,8H2,1-2H3. The first-order valence-corrected chi connectivity index (χ1v) is 5.84. The largest absolute Gasteiger partial charge is 0.465 e. The molecule has 92 valence electrons. The number of carbonyl (C=O) groups excluding carboxylic acids is 2. The zero-order valence-corrected chi connectivity index (χ0v) is 10.7. The maximum atomic E-state index is 11.6. The van der Waals surface area contributed by atoms with Crippen LogP contribution in [0.2, 0.25) is 5.02 Å². The van der Waals surface area contributed by atoms with Crippen LogP contribution in [0.5, 0.6) is 0 Å². The fourth-order valence-electron chi connectivity index (χ4n) is 1.54. The summed E-state index contributed by atoms with van der Waals surface area (Å²) in [5.41, 5.74) is 0.853. The monoisotopic (exact) mass is 254 g/mol. The van der Waals surface area contributed by atoms with Crippen molar-refractivity contribution in [3.05, 3.63) is 34.9 Å². The van der Waals surface area contributed by atoms with Crippen LogP contribution in [0.15, 0.2) is 24.3 Å². The van der Waals surface area contributed by atoms with Gasteiger partial charge in [-0.1, -0.05) is 23.7 Å². The highest BCUT2D eigenvalue weighted by Gasteiger charge is 2.24. The van der Waals surface area contributed by atoms with Crippen molar-refractivity contribution in [1.29, 1.82) is 0 Å². The summed E-state index contributed by atoms with van der Waals surface area (Å²) in [4.78, 5) is 23.0. The van der Waals surface area contributed by atoms with E-state index in [1.807, 2.05) is 6.07 Å². The van der Waals surface area contributed by atoms with E-state index in [9.17, 15) is 9.59 Å². The number of ether oxygens (including phenoxy) is 1. The van der Waals surface area contributed by atoms with E-state index in [0.29, 0.717) is 11.4 Å². The number of hydrogen-bond acceptors (Lipinski definition) is 3. The summed E-state index contributed by atoms with van der Waals surface area (Å²) in [6.45, 7) is 3.39. The lowest BCUT2D eigenvalue weighted by atomic mass is 9.96. The summed E-state index contributed by atoms with van der Waals surface area (Å²) < 4.78 is 4.88. The number of Topliss-reactive ketones (excluding diaryl/α,β-unsaturated/α-hetero) is 1. The summed E-state index contributed by atoms with van der Waals surface area (Å²) >= 11 is 5.85. The molecule has 1 atom stereocenters. The van der Waals surface area contributed by atoms with Gasteiger partial charge in [-0.2, -0.15) is 0 Å². The van der Waals surface area contributed by atoms with Crippen molar-refractivity contribution in [2.45, 2.75) is 20.3 Å². The van der Waals surface area contributed by atoms with Crippen LogP contribution in [-0.4, -0.2) is 18.4 Å². The lowest BCUT2D eigenvalue weighted by molar-refractivity contribution is -0.151. The summed E-state index contributed by atoms with van der Waals surface area (Å²) in [6.07, 6.45) is 0.328. The number of esters is 1. The first kappa shape index (κ1) is 13.7. The number of ketones is 1. The van der Waals surface area contributed by atoms with Gasteiger partial charge in [0, 0.05) is 5.02 Å². The van der Waals surface area contributed by atoms with Crippen LogP contribution in [0, 0.1) is 5.92 Å². The Balaban J connectivity index is 2.80. The van der Waals surface area contributed by atoms with Gasteiger partial charge in [0.25, 0.3) is 0 Å². The van der Waals surface area contributed by atoms with E-state index in [2.05, 4.69) is 0 Å². The molecule has 0 saturated heterocycles. The zero-order valence-electron chi connectivity index (χ0n) is 9.90. The second-order valence-corrected chi connectivity index (χ2v) is 4.19. The van der Waals surface area contributed by atoms with Crippen molar-refractivity contribution in [1.82, 2.24) is 0 Å². The first-order valence-electron chi connectivity index (χ1n) is 5.46. The molecule has 0 radical (unpaired) electrons. The van der Waals surface area contributed by atoms with Gasteiger partial charge in [0.2, 0.25) is 0 Å². The van der Waals surface area contributed by atoms with Crippen LogP contribution < -0.4 is 0 Å². The van der Waals surface area contributed by atoms with Gasteiger partial charge in [-0.25, -0.2) is 0 Å². The number of carbonyl (C=O) groups is 2. The Hall–Kier alpha value is -1.35. The highest BCUT2D eigenvalue weighted by Crippen LogP contribution is 2.16. The van der Waals surface area contributed by atoms with Crippen LogP contribution in [-0.2, 0) is 20.7 Å². The van der Waals surface area contributed by atoms with E-state index in [-0.39, 0.29) is 12.4 Å². The molecule has 0 saturated carbocycles. The molecular formula is C13H15ClO3. The van der Waals surface area contributed by atoms with Crippen molar-refractivity contribution in [3.8, 4) is 0 Å². The molecule has 0 fully saturated rings. The molecule has 0 bridgehead atoms. The molecule has 0 aliphatic carbocycles. The minimum Gasteiger partial charge on any atom is -0.465 e. The highest BCUT2D eigenvalue weighted by molar-refractivity contribution is 6.30. The smallest absolute Gasteiger partial charge is 0.316 e. The Kier molecular flexibility index (Phi) is 5.16. The molecule has 4 heteroatoms. The van der Waals surface area contributed by atoms with E-state index in [4.69, 9.17) is 16.3 Å². The van der Waals surface area contributed by atoms with Crippen LogP contribution >= 0.6 is 11.6 Å². The lowest BCUT2D eigenvalue weighted by Gasteiger charge is -2.12. The van der Waals surface area contributed by atoms with Crippen molar-refractivity contribution < 1.29 is 14.3 Å². The summed E-state index contributed by atoms with van der Waals surface area (Å²) in [5, 5.41) is 0.591. The van der Waals surface area contributed by atoms with Crippen molar-refractivity contribution in [2.24, 2.45) is 5.92 Å². The molecule has 0 N–H and O–H groups in total. The summed E-state index contributed by atoms with van der Waals surface area (Å²) in [5.74, 6) is -1.41. The third-order valence-electron chi connectivity index (χ3n) is 2.39. The molecule has 1 unspecified atom stereocenters. The van der Waals surface area contributed by atoms with Crippen LogP contribution in [0.3, 0.4) is 0 Å². The van der Waals surface area contributed by atoms with Gasteiger partial charge in [-0.05, 0) is 38.0 Å². The molecule has 1 rings (SSSR count). The first-order chi connectivity index (χ1) is 8.04. The molecule has 1 aromatic carbocycles. The van der Waals surface area contributed by atoms with Gasteiger partial charge < -0.3 is 4.74 Å². The number of rotatable bonds is 5. The predicted octanol–water partition coefficient (Wildman–Crippen LogP) is 2.65. The normalized spacial score (nSPS) is 11.9. The zero-order chi connectivity index (χ0) is 12.8. The Morgan fingerprint density at radius 1 is 1.41 bits per heavy atom. The molecule has 0 aliphatic heterocycles. The average Bonchev–Trinajstić information content (AvgIpc) is 2.26. The molecule has 0 aliphatic rings. The van der Waals surface area contributed by atoms with Gasteiger partial charge in [0.05, 0.1) is 6.61 Å². The molecule has 0 spiro atoms. The minimum atomic E-state index is -0.742. The number of benzene rings is 1. The fraction of sp³-hybridized carbons (Fsp3) is 0.385. The van der Waals surface area contributed by atoms with Crippen LogP contribution in [0.25, 0.3) is 0 Å². The topological polar surface area (TPSA) is 43.4 Å². The summed E-state index contributed by atoms with van der Waals surface area (Å²) in [6, 6.07) is 7.12. The van der Waals surface area contributed by atoms with Gasteiger partial charge in [0.15, 0.2) is 0 Å². The maximum absolute atomic E-state index is 11.6. The van der Waals surface area contributed by atoms with Crippen LogP contribution in [0.1, 0.15) is 19.4 Å².